The molecule has 1 aromatic carbocycles. The van der Waals surface area contributed by atoms with Crippen LogP contribution in [0.2, 0.25) is 0 Å². The van der Waals surface area contributed by atoms with Crippen molar-refractivity contribution >= 4 is 21.8 Å². The van der Waals surface area contributed by atoms with Crippen molar-refractivity contribution in [2.75, 3.05) is 13.1 Å². The van der Waals surface area contributed by atoms with Crippen molar-refractivity contribution in [1.29, 1.82) is 0 Å². The zero-order valence-corrected chi connectivity index (χ0v) is 11.9. The Kier molecular flexibility index (Phi) is 3.45. The molecule has 1 heterocycles. The largest absolute Gasteiger partial charge is 0.338 e. The summed E-state index contributed by atoms with van der Waals surface area (Å²) in [5.74, 6) is -2.21. The van der Waals surface area contributed by atoms with Crippen molar-refractivity contribution in [3.8, 4) is 0 Å². The number of halogens is 3. The third kappa shape index (κ3) is 2.55. The summed E-state index contributed by atoms with van der Waals surface area (Å²) >= 11 is 2.99. The number of hydrogen-bond acceptors (Lipinski definition) is 1. The first-order chi connectivity index (χ1) is 8.30. The molecule has 1 aliphatic rings. The molecule has 1 aromatic rings. The van der Waals surface area contributed by atoms with Crippen LogP contribution in [-0.4, -0.2) is 23.9 Å². The molecule has 0 saturated carbocycles. The van der Waals surface area contributed by atoms with Crippen LogP contribution in [-0.2, 0) is 0 Å². The Hall–Kier alpha value is -0.970. The van der Waals surface area contributed by atoms with Gasteiger partial charge in [0.1, 0.15) is 17.2 Å². The fourth-order valence-corrected chi connectivity index (χ4v) is 2.59. The molecule has 0 N–H and O–H groups in total. The molecule has 0 radical (unpaired) electrons. The van der Waals surface area contributed by atoms with E-state index < -0.39 is 23.1 Å². The first kappa shape index (κ1) is 13.5. The maximum Gasteiger partial charge on any atom is 0.259 e. The number of nitrogens with zero attached hydrogens (tertiary/aromatic N) is 1. The molecule has 0 bridgehead atoms. The summed E-state index contributed by atoms with van der Waals surface area (Å²) in [5.41, 5.74) is -0.450. The second-order valence-corrected chi connectivity index (χ2v) is 6.30. The van der Waals surface area contributed by atoms with Crippen molar-refractivity contribution in [2.45, 2.75) is 20.3 Å². The lowest BCUT2D eigenvalue weighted by molar-refractivity contribution is 0.0768. The molecule has 0 atom stereocenters. The van der Waals surface area contributed by atoms with Crippen molar-refractivity contribution in [3.05, 3.63) is 33.8 Å². The quantitative estimate of drug-likeness (QED) is 0.775. The van der Waals surface area contributed by atoms with Gasteiger partial charge in [0.15, 0.2) is 0 Å². The van der Waals surface area contributed by atoms with Crippen molar-refractivity contribution in [3.63, 3.8) is 0 Å². The molecule has 98 valence electrons. The van der Waals surface area contributed by atoms with Gasteiger partial charge in [0.05, 0.1) is 0 Å². The van der Waals surface area contributed by atoms with Crippen LogP contribution in [0.25, 0.3) is 0 Å². The van der Waals surface area contributed by atoms with Gasteiger partial charge < -0.3 is 4.90 Å². The SMILES string of the molecule is CC1(C)CCN(C(=O)c2c(F)cc(Br)cc2F)C1. The summed E-state index contributed by atoms with van der Waals surface area (Å²) in [6.45, 7) is 5.14. The fraction of sp³-hybridized carbons (Fsp3) is 0.462. The highest BCUT2D eigenvalue weighted by Crippen LogP contribution is 2.31. The number of carbonyl (C=O) groups excluding carboxylic acids is 1. The topological polar surface area (TPSA) is 20.3 Å². The first-order valence-electron chi connectivity index (χ1n) is 5.74. The summed E-state index contributed by atoms with van der Waals surface area (Å²) in [5, 5.41) is 0. The van der Waals surface area contributed by atoms with Crippen LogP contribution in [0.1, 0.15) is 30.6 Å². The standard InChI is InChI=1S/C13H14BrF2NO/c1-13(2)3-4-17(7-13)12(18)11-9(15)5-8(14)6-10(11)16/h5-6H,3-4,7H2,1-2H3. The second-order valence-electron chi connectivity index (χ2n) is 5.39. The van der Waals surface area contributed by atoms with E-state index in [-0.39, 0.29) is 9.89 Å². The lowest BCUT2D eigenvalue weighted by Gasteiger charge is -2.20. The van der Waals surface area contributed by atoms with Crippen molar-refractivity contribution in [1.82, 2.24) is 4.90 Å². The zero-order chi connectivity index (χ0) is 13.5. The Morgan fingerprint density at radius 3 is 2.33 bits per heavy atom. The average molecular weight is 318 g/mol. The number of likely N-dealkylation sites (tertiary alicyclic amines) is 1. The van der Waals surface area contributed by atoms with Gasteiger partial charge in [-0.2, -0.15) is 0 Å². The van der Waals surface area contributed by atoms with E-state index in [1.807, 2.05) is 13.8 Å². The molecule has 2 rings (SSSR count). The molecule has 0 aliphatic carbocycles. The highest BCUT2D eigenvalue weighted by Gasteiger charge is 2.34. The highest BCUT2D eigenvalue weighted by atomic mass is 79.9. The number of amides is 1. The number of rotatable bonds is 1. The Morgan fingerprint density at radius 1 is 1.33 bits per heavy atom. The van der Waals surface area contributed by atoms with Gasteiger partial charge in [-0.1, -0.05) is 29.8 Å². The van der Waals surface area contributed by atoms with Gasteiger partial charge in [0.2, 0.25) is 0 Å². The van der Waals surface area contributed by atoms with Gasteiger partial charge in [0.25, 0.3) is 5.91 Å². The minimum Gasteiger partial charge on any atom is -0.338 e. The maximum absolute atomic E-state index is 13.7. The van der Waals surface area contributed by atoms with Crippen LogP contribution in [0.3, 0.4) is 0 Å². The van der Waals surface area contributed by atoms with E-state index in [1.165, 1.54) is 4.90 Å². The molecule has 18 heavy (non-hydrogen) atoms. The minimum absolute atomic E-state index is 0.0119. The molecule has 2 nitrogen and oxygen atoms in total. The predicted molar refractivity (Wildman–Crippen MR) is 68.4 cm³/mol. The number of benzene rings is 1. The van der Waals surface area contributed by atoms with E-state index in [2.05, 4.69) is 15.9 Å². The summed E-state index contributed by atoms with van der Waals surface area (Å²) in [6.07, 6.45) is 0.846. The van der Waals surface area contributed by atoms with Crippen LogP contribution in [0.4, 0.5) is 8.78 Å². The molecule has 0 unspecified atom stereocenters. The number of carbonyl (C=O) groups is 1. The molecule has 0 aromatic heterocycles. The van der Waals surface area contributed by atoms with E-state index in [4.69, 9.17) is 0 Å². The Bertz CT molecular complexity index is 479. The molecule has 1 fully saturated rings. The Morgan fingerprint density at radius 2 is 1.89 bits per heavy atom. The third-order valence-electron chi connectivity index (χ3n) is 3.19. The van der Waals surface area contributed by atoms with E-state index in [9.17, 15) is 13.6 Å². The van der Waals surface area contributed by atoms with Crippen LogP contribution in [0, 0.1) is 17.0 Å². The van der Waals surface area contributed by atoms with Gasteiger partial charge in [-0.25, -0.2) is 8.78 Å². The van der Waals surface area contributed by atoms with Gasteiger partial charge in [0, 0.05) is 17.6 Å². The minimum atomic E-state index is -0.823. The van der Waals surface area contributed by atoms with Gasteiger partial charge >= 0.3 is 0 Å². The van der Waals surface area contributed by atoms with Crippen LogP contribution >= 0.6 is 15.9 Å². The lowest BCUT2D eigenvalue weighted by atomic mass is 9.93. The van der Waals surface area contributed by atoms with Crippen molar-refractivity contribution < 1.29 is 13.6 Å². The van der Waals surface area contributed by atoms with E-state index >= 15 is 0 Å². The monoisotopic (exact) mass is 317 g/mol. The van der Waals surface area contributed by atoms with Crippen molar-refractivity contribution in [2.24, 2.45) is 5.41 Å². The van der Waals surface area contributed by atoms with Crippen LogP contribution < -0.4 is 0 Å². The van der Waals surface area contributed by atoms with Gasteiger partial charge in [-0.15, -0.1) is 0 Å². The third-order valence-corrected chi connectivity index (χ3v) is 3.64. The van der Waals surface area contributed by atoms with Crippen LogP contribution in [0.15, 0.2) is 16.6 Å². The average Bonchev–Trinajstić information content (AvgIpc) is 2.57. The maximum atomic E-state index is 13.7. The summed E-state index contributed by atoms with van der Waals surface area (Å²) < 4.78 is 27.7. The second kappa shape index (κ2) is 4.61. The molecular formula is C13H14BrF2NO. The van der Waals surface area contributed by atoms with Gasteiger partial charge in [-0.3, -0.25) is 4.79 Å². The Balaban J connectivity index is 2.30. The molecule has 1 aliphatic heterocycles. The summed E-state index contributed by atoms with van der Waals surface area (Å²) in [6, 6.07) is 2.22. The first-order valence-corrected chi connectivity index (χ1v) is 6.53. The van der Waals surface area contributed by atoms with Crippen LogP contribution in [0.5, 0.6) is 0 Å². The van der Waals surface area contributed by atoms with Gasteiger partial charge in [-0.05, 0) is 24.0 Å². The van der Waals surface area contributed by atoms with E-state index in [1.54, 1.807) is 0 Å². The normalized spacial score (nSPS) is 18.2. The van der Waals surface area contributed by atoms with E-state index in [0.717, 1.165) is 18.6 Å². The summed E-state index contributed by atoms with van der Waals surface area (Å²) in [7, 11) is 0. The number of hydrogen-bond donors (Lipinski definition) is 0. The highest BCUT2D eigenvalue weighted by molar-refractivity contribution is 9.10. The molecule has 0 spiro atoms. The molecule has 1 amide bonds. The molecule has 1 saturated heterocycles. The lowest BCUT2D eigenvalue weighted by Crippen LogP contribution is -2.31. The fourth-order valence-electron chi connectivity index (χ4n) is 2.19. The van der Waals surface area contributed by atoms with E-state index in [0.29, 0.717) is 13.1 Å². The smallest absolute Gasteiger partial charge is 0.259 e. The molecule has 5 heteroatoms. The predicted octanol–water partition coefficient (Wildman–Crippen LogP) is 3.60. The zero-order valence-electron chi connectivity index (χ0n) is 10.3. The Labute approximate surface area is 113 Å². The summed E-state index contributed by atoms with van der Waals surface area (Å²) in [4.78, 5) is 13.6. The molecular weight excluding hydrogens is 304 g/mol.